The van der Waals surface area contributed by atoms with E-state index < -0.39 is 0 Å². The molecule has 20 heavy (non-hydrogen) atoms. The first-order valence-electron chi connectivity index (χ1n) is 6.46. The van der Waals surface area contributed by atoms with Crippen LogP contribution < -0.4 is 19.9 Å². The summed E-state index contributed by atoms with van der Waals surface area (Å²) in [6, 6.07) is 12.7. The molecule has 4 nitrogen and oxygen atoms in total. The summed E-state index contributed by atoms with van der Waals surface area (Å²) in [5.41, 5.74) is 6.46. The van der Waals surface area contributed by atoms with Crippen LogP contribution in [0, 0.1) is 0 Å². The van der Waals surface area contributed by atoms with Gasteiger partial charge in [-0.25, -0.2) is 0 Å². The average Bonchev–Trinajstić information content (AvgIpc) is 2.38. The van der Waals surface area contributed by atoms with Crippen LogP contribution in [0.15, 0.2) is 42.5 Å². The summed E-state index contributed by atoms with van der Waals surface area (Å²) >= 11 is 0. The number of methoxy groups -OCH3 is 1. The van der Waals surface area contributed by atoms with Gasteiger partial charge in [0, 0.05) is 23.9 Å². The molecule has 0 saturated carbocycles. The molecule has 4 heteroatoms. The van der Waals surface area contributed by atoms with E-state index in [4.69, 9.17) is 19.9 Å². The monoisotopic (exact) mass is 273 g/mol. The van der Waals surface area contributed by atoms with E-state index in [9.17, 15) is 0 Å². The second-order valence-electron chi connectivity index (χ2n) is 4.68. The maximum atomic E-state index is 5.85. The fraction of sp³-hybridized carbons (Fsp3) is 0.250. The van der Waals surface area contributed by atoms with Gasteiger partial charge in [0.2, 0.25) is 0 Å². The highest BCUT2D eigenvalue weighted by molar-refractivity contribution is 5.51. The lowest BCUT2D eigenvalue weighted by molar-refractivity contribution is 0.242. The Morgan fingerprint density at radius 2 is 1.45 bits per heavy atom. The van der Waals surface area contributed by atoms with Gasteiger partial charge in [0.05, 0.1) is 13.2 Å². The Balaban J connectivity index is 2.17. The fourth-order valence-electron chi connectivity index (χ4n) is 1.77. The lowest BCUT2D eigenvalue weighted by atomic mass is 10.2. The summed E-state index contributed by atoms with van der Waals surface area (Å²) in [5.74, 6) is 2.84. The van der Waals surface area contributed by atoms with Crippen molar-refractivity contribution in [2.45, 2.75) is 20.0 Å². The van der Waals surface area contributed by atoms with E-state index in [2.05, 4.69) is 0 Å². The van der Waals surface area contributed by atoms with Crippen LogP contribution in [0.25, 0.3) is 0 Å². The molecule has 0 amide bonds. The predicted octanol–water partition coefficient (Wildman–Crippen LogP) is 3.86. The molecule has 106 valence electrons. The van der Waals surface area contributed by atoms with E-state index in [0.29, 0.717) is 22.9 Å². The summed E-state index contributed by atoms with van der Waals surface area (Å²) < 4.78 is 16.5. The molecule has 2 N–H and O–H groups in total. The van der Waals surface area contributed by atoms with E-state index in [1.807, 2.05) is 44.2 Å². The summed E-state index contributed by atoms with van der Waals surface area (Å²) in [6.07, 6.45) is 0.0886. The Morgan fingerprint density at radius 3 is 2.05 bits per heavy atom. The van der Waals surface area contributed by atoms with Crippen molar-refractivity contribution in [2.24, 2.45) is 0 Å². The van der Waals surface area contributed by atoms with Gasteiger partial charge < -0.3 is 19.9 Å². The number of ether oxygens (including phenoxy) is 3. The summed E-state index contributed by atoms with van der Waals surface area (Å²) in [7, 11) is 1.63. The molecular formula is C16H19NO3. The van der Waals surface area contributed by atoms with Crippen LogP contribution in [0.4, 0.5) is 5.69 Å². The molecule has 2 rings (SSSR count). The molecule has 2 aromatic rings. The number of rotatable bonds is 5. The molecule has 0 unspecified atom stereocenters. The van der Waals surface area contributed by atoms with Crippen molar-refractivity contribution in [3.63, 3.8) is 0 Å². The summed E-state index contributed by atoms with van der Waals surface area (Å²) in [4.78, 5) is 0. The third kappa shape index (κ3) is 3.82. The van der Waals surface area contributed by atoms with E-state index in [-0.39, 0.29) is 6.10 Å². The molecule has 0 bridgehead atoms. The highest BCUT2D eigenvalue weighted by Gasteiger charge is 2.04. The van der Waals surface area contributed by atoms with Crippen LogP contribution in [-0.2, 0) is 0 Å². The van der Waals surface area contributed by atoms with Crippen LogP contribution in [0.5, 0.6) is 23.0 Å². The SMILES string of the molecule is COc1ccc(Oc2cc(N)cc(OC(C)C)c2)cc1. The quantitative estimate of drug-likeness (QED) is 0.840. The van der Waals surface area contributed by atoms with E-state index in [1.165, 1.54) is 0 Å². The first-order chi connectivity index (χ1) is 9.56. The van der Waals surface area contributed by atoms with Crippen LogP contribution in [0.1, 0.15) is 13.8 Å². The second kappa shape index (κ2) is 6.19. The maximum absolute atomic E-state index is 5.85. The molecule has 0 heterocycles. The van der Waals surface area contributed by atoms with Crippen LogP contribution in [0.3, 0.4) is 0 Å². The Kier molecular flexibility index (Phi) is 4.35. The van der Waals surface area contributed by atoms with Crippen molar-refractivity contribution < 1.29 is 14.2 Å². The molecule has 0 spiro atoms. The molecular weight excluding hydrogens is 254 g/mol. The van der Waals surface area contributed by atoms with Gasteiger partial charge in [0.1, 0.15) is 23.0 Å². The third-order valence-electron chi connectivity index (χ3n) is 2.57. The number of hydrogen-bond acceptors (Lipinski definition) is 4. The van der Waals surface area contributed by atoms with Gasteiger partial charge in [-0.05, 0) is 38.1 Å². The molecule has 0 fully saturated rings. The topological polar surface area (TPSA) is 53.7 Å². The number of anilines is 1. The Morgan fingerprint density at radius 1 is 0.850 bits per heavy atom. The van der Waals surface area contributed by atoms with Crippen molar-refractivity contribution in [1.29, 1.82) is 0 Å². The highest BCUT2D eigenvalue weighted by atomic mass is 16.5. The fourth-order valence-corrected chi connectivity index (χ4v) is 1.77. The van der Waals surface area contributed by atoms with Crippen LogP contribution >= 0.6 is 0 Å². The van der Waals surface area contributed by atoms with Gasteiger partial charge in [-0.15, -0.1) is 0 Å². The molecule has 0 saturated heterocycles. The molecule has 0 aliphatic carbocycles. The first kappa shape index (κ1) is 14.1. The van der Waals surface area contributed by atoms with Crippen molar-refractivity contribution in [3.05, 3.63) is 42.5 Å². The standard InChI is InChI=1S/C16H19NO3/c1-11(2)19-15-8-12(17)9-16(10-15)20-14-6-4-13(18-3)5-7-14/h4-11H,17H2,1-3H3. The number of benzene rings is 2. The highest BCUT2D eigenvalue weighted by Crippen LogP contribution is 2.29. The lowest BCUT2D eigenvalue weighted by Gasteiger charge is -2.13. The molecule has 0 aliphatic heterocycles. The number of nitrogens with two attached hydrogens (primary N) is 1. The minimum atomic E-state index is 0.0886. The van der Waals surface area contributed by atoms with Gasteiger partial charge in [-0.3, -0.25) is 0 Å². The van der Waals surface area contributed by atoms with Crippen molar-refractivity contribution >= 4 is 5.69 Å². The third-order valence-corrected chi connectivity index (χ3v) is 2.57. The second-order valence-corrected chi connectivity index (χ2v) is 4.68. The zero-order valence-electron chi connectivity index (χ0n) is 11.9. The van der Waals surface area contributed by atoms with Crippen molar-refractivity contribution in [1.82, 2.24) is 0 Å². The lowest BCUT2D eigenvalue weighted by Crippen LogP contribution is -2.05. The summed E-state index contributed by atoms with van der Waals surface area (Å²) in [5, 5.41) is 0. The molecule has 0 radical (unpaired) electrons. The zero-order chi connectivity index (χ0) is 14.5. The summed E-state index contributed by atoms with van der Waals surface area (Å²) in [6.45, 7) is 3.93. The van der Waals surface area contributed by atoms with Gasteiger partial charge in [-0.2, -0.15) is 0 Å². The Bertz CT molecular complexity index is 564. The predicted molar refractivity (Wildman–Crippen MR) is 79.7 cm³/mol. The van der Waals surface area contributed by atoms with Gasteiger partial charge in [-0.1, -0.05) is 0 Å². The molecule has 2 aromatic carbocycles. The van der Waals surface area contributed by atoms with Crippen LogP contribution in [-0.4, -0.2) is 13.2 Å². The first-order valence-corrected chi connectivity index (χ1v) is 6.46. The number of nitrogen functional groups attached to an aromatic ring is 1. The minimum absolute atomic E-state index is 0.0886. The molecule has 0 aromatic heterocycles. The normalized spacial score (nSPS) is 10.4. The van der Waals surface area contributed by atoms with Crippen molar-refractivity contribution in [2.75, 3.05) is 12.8 Å². The van der Waals surface area contributed by atoms with Gasteiger partial charge >= 0.3 is 0 Å². The van der Waals surface area contributed by atoms with E-state index in [0.717, 1.165) is 5.75 Å². The number of hydrogen-bond donors (Lipinski definition) is 1. The Hall–Kier alpha value is -2.36. The maximum Gasteiger partial charge on any atom is 0.133 e. The Labute approximate surface area is 119 Å². The van der Waals surface area contributed by atoms with E-state index >= 15 is 0 Å². The van der Waals surface area contributed by atoms with Crippen molar-refractivity contribution in [3.8, 4) is 23.0 Å². The smallest absolute Gasteiger partial charge is 0.133 e. The molecule has 0 atom stereocenters. The average molecular weight is 273 g/mol. The molecule has 0 aliphatic rings. The van der Waals surface area contributed by atoms with E-state index in [1.54, 1.807) is 19.2 Å². The zero-order valence-corrected chi connectivity index (χ0v) is 11.9. The van der Waals surface area contributed by atoms with Crippen LogP contribution in [0.2, 0.25) is 0 Å². The van der Waals surface area contributed by atoms with Gasteiger partial charge in [0.25, 0.3) is 0 Å². The largest absolute Gasteiger partial charge is 0.497 e. The van der Waals surface area contributed by atoms with Gasteiger partial charge in [0.15, 0.2) is 0 Å². The minimum Gasteiger partial charge on any atom is -0.497 e.